The van der Waals surface area contributed by atoms with Gasteiger partial charge in [-0.3, -0.25) is 4.72 Å². The van der Waals surface area contributed by atoms with Gasteiger partial charge in [0, 0.05) is 31.9 Å². The molecule has 118 valence electrons. The first-order valence-corrected chi connectivity index (χ1v) is 9.19. The Bertz CT molecular complexity index is 579. The Kier molecular flexibility index (Phi) is 5.11. The SMILES string of the molecule is CCN1CCN(c2ccc(NS(=O)(=O)CC)c(C)c2)CC1. The molecule has 1 N–H and O–H groups in total. The van der Waals surface area contributed by atoms with Crippen LogP contribution in [0.2, 0.25) is 0 Å². The fourth-order valence-corrected chi connectivity index (χ4v) is 3.23. The van der Waals surface area contributed by atoms with Crippen molar-refractivity contribution in [3.63, 3.8) is 0 Å². The summed E-state index contributed by atoms with van der Waals surface area (Å²) in [5.74, 6) is 0.0904. The zero-order valence-corrected chi connectivity index (χ0v) is 13.9. The Hall–Kier alpha value is -1.27. The summed E-state index contributed by atoms with van der Waals surface area (Å²) in [5, 5.41) is 0. The molecule has 1 aromatic carbocycles. The maximum Gasteiger partial charge on any atom is 0.232 e. The second-order valence-corrected chi connectivity index (χ2v) is 7.44. The van der Waals surface area contributed by atoms with Crippen LogP contribution in [0.25, 0.3) is 0 Å². The van der Waals surface area contributed by atoms with Crippen LogP contribution in [0.15, 0.2) is 18.2 Å². The van der Waals surface area contributed by atoms with Gasteiger partial charge in [-0.1, -0.05) is 6.92 Å². The van der Waals surface area contributed by atoms with E-state index >= 15 is 0 Å². The molecule has 1 saturated heterocycles. The Labute approximate surface area is 128 Å². The van der Waals surface area contributed by atoms with Crippen LogP contribution < -0.4 is 9.62 Å². The standard InChI is InChI=1S/C15H25N3O2S/c1-4-17-8-10-18(11-9-17)14-6-7-15(13(3)12-14)16-21(19,20)5-2/h6-7,12,16H,4-5,8-11H2,1-3H3. The summed E-state index contributed by atoms with van der Waals surface area (Å²) in [6, 6.07) is 5.93. The molecule has 5 nitrogen and oxygen atoms in total. The van der Waals surface area contributed by atoms with Crippen LogP contribution in [-0.4, -0.2) is 51.8 Å². The van der Waals surface area contributed by atoms with Crippen molar-refractivity contribution < 1.29 is 8.42 Å². The smallest absolute Gasteiger partial charge is 0.232 e. The number of hydrogen-bond acceptors (Lipinski definition) is 4. The highest BCUT2D eigenvalue weighted by molar-refractivity contribution is 7.92. The van der Waals surface area contributed by atoms with E-state index in [1.807, 2.05) is 19.1 Å². The second-order valence-electron chi connectivity index (χ2n) is 5.43. The normalized spacial score (nSPS) is 17.0. The molecule has 1 aliphatic rings. The lowest BCUT2D eigenvalue weighted by Gasteiger charge is -2.35. The molecule has 21 heavy (non-hydrogen) atoms. The number of hydrogen-bond donors (Lipinski definition) is 1. The van der Waals surface area contributed by atoms with Gasteiger partial charge in [-0.05, 0) is 44.2 Å². The molecule has 0 bridgehead atoms. The van der Waals surface area contributed by atoms with Crippen molar-refractivity contribution >= 4 is 21.4 Å². The van der Waals surface area contributed by atoms with Crippen molar-refractivity contribution in [1.82, 2.24) is 4.90 Å². The molecule has 0 saturated carbocycles. The average Bonchev–Trinajstić information content (AvgIpc) is 2.49. The summed E-state index contributed by atoms with van der Waals surface area (Å²) in [6.07, 6.45) is 0. The van der Waals surface area contributed by atoms with Gasteiger partial charge in [-0.15, -0.1) is 0 Å². The Morgan fingerprint density at radius 2 is 1.81 bits per heavy atom. The number of anilines is 2. The number of nitrogens with one attached hydrogen (secondary N) is 1. The summed E-state index contributed by atoms with van der Waals surface area (Å²) in [6.45, 7) is 11.1. The van der Waals surface area contributed by atoms with Crippen LogP contribution in [0.5, 0.6) is 0 Å². The van der Waals surface area contributed by atoms with Crippen LogP contribution in [0.4, 0.5) is 11.4 Å². The predicted molar refractivity (Wildman–Crippen MR) is 88.6 cm³/mol. The highest BCUT2D eigenvalue weighted by Crippen LogP contribution is 2.24. The van der Waals surface area contributed by atoms with E-state index in [1.54, 1.807) is 6.92 Å². The molecular weight excluding hydrogens is 286 g/mol. The predicted octanol–water partition coefficient (Wildman–Crippen LogP) is 1.90. The summed E-state index contributed by atoms with van der Waals surface area (Å²) in [5.41, 5.74) is 2.80. The quantitative estimate of drug-likeness (QED) is 0.902. The summed E-state index contributed by atoms with van der Waals surface area (Å²) in [4.78, 5) is 4.80. The van der Waals surface area contributed by atoms with Crippen molar-refractivity contribution in [1.29, 1.82) is 0 Å². The Morgan fingerprint density at radius 1 is 1.14 bits per heavy atom. The second kappa shape index (κ2) is 6.66. The van der Waals surface area contributed by atoms with Crippen LogP contribution >= 0.6 is 0 Å². The average molecular weight is 311 g/mol. The lowest BCUT2D eigenvalue weighted by atomic mass is 10.1. The lowest BCUT2D eigenvalue weighted by molar-refractivity contribution is 0.271. The van der Waals surface area contributed by atoms with E-state index in [0.29, 0.717) is 5.69 Å². The maximum atomic E-state index is 11.6. The van der Waals surface area contributed by atoms with Gasteiger partial charge in [0.05, 0.1) is 11.4 Å². The van der Waals surface area contributed by atoms with Gasteiger partial charge < -0.3 is 9.80 Å². The van der Waals surface area contributed by atoms with Gasteiger partial charge in [0.2, 0.25) is 10.0 Å². The topological polar surface area (TPSA) is 52.6 Å². The maximum absolute atomic E-state index is 11.6. The summed E-state index contributed by atoms with van der Waals surface area (Å²) < 4.78 is 25.9. The lowest BCUT2D eigenvalue weighted by Crippen LogP contribution is -2.46. The van der Waals surface area contributed by atoms with Crippen molar-refractivity contribution in [2.45, 2.75) is 20.8 Å². The fraction of sp³-hybridized carbons (Fsp3) is 0.600. The number of aryl methyl sites for hydroxylation is 1. The van der Waals surface area contributed by atoms with Crippen LogP contribution in [0.1, 0.15) is 19.4 Å². The fourth-order valence-electron chi connectivity index (χ4n) is 2.52. The van der Waals surface area contributed by atoms with Crippen LogP contribution in [-0.2, 0) is 10.0 Å². The molecule has 0 spiro atoms. The molecule has 2 rings (SSSR count). The van der Waals surface area contributed by atoms with E-state index in [-0.39, 0.29) is 5.75 Å². The summed E-state index contributed by atoms with van der Waals surface area (Å²) >= 11 is 0. The molecule has 1 fully saturated rings. The molecule has 1 heterocycles. The molecule has 0 aromatic heterocycles. The molecule has 1 aliphatic heterocycles. The molecule has 0 unspecified atom stereocenters. The molecule has 6 heteroatoms. The minimum absolute atomic E-state index is 0.0904. The highest BCUT2D eigenvalue weighted by Gasteiger charge is 2.17. The van der Waals surface area contributed by atoms with Gasteiger partial charge in [0.1, 0.15) is 0 Å². The number of sulfonamides is 1. The van der Waals surface area contributed by atoms with E-state index in [1.165, 1.54) is 5.69 Å². The van der Waals surface area contributed by atoms with Crippen LogP contribution in [0.3, 0.4) is 0 Å². The van der Waals surface area contributed by atoms with Gasteiger partial charge in [-0.2, -0.15) is 0 Å². The monoisotopic (exact) mass is 311 g/mol. The van der Waals surface area contributed by atoms with E-state index in [0.717, 1.165) is 38.3 Å². The largest absolute Gasteiger partial charge is 0.369 e. The first-order chi connectivity index (χ1) is 9.95. The molecule has 1 aromatic rings. The van der Waals surface area contributed by atoms with Gasteiger partial charge >= 0.3 is 0 Å². The minimum Gasteiger partial charge on any atom is -0.369 e. The number of benzene rings is 1. The third-order valence-electron chi connectivity index (χ3n) is 4.04. The van der Waals surface area contributed by atoms with E-state index in [4.69, 9.17) is 0 Å². The zero-order valence-electron chi connectivity index (χ0n) is 13.1. The summed E-state index contributed by atoms with van der Waals surface area (Å²) in [7, 11) is -3.21. The minimum atomic E-state index is -3.21. The van der Waals surface area contributed by atoms with E-state index < -0.39 is 10.0 Å². The van der Waals surface area contributed by atoms with E-state index in [2.05, 4.69) is 27.5 Å². The van der Waals surface area contributed by atoms with Crippen molar-refractivity contribution in [3.8, 4) is 0 Å². The van der Waals surface area contributed by atoms with Gasteiger partial charge in [0.15, 0.2) is 0 Å². The van der Waals surface area contributed by atoms with Crippen molar-refractivity contribution in [2.24, 2.45) is 0 Å². The molecule has 0 atom stereocenters. The third kappa shape index (κ3) is 4.11. The molecular formula is C15H25N3O2S. The number of piperazine rings is 1. The van der Waals surface area contributed by atoms with Crippen molar-refractivity contribution in [3.05, 3.63) is 23.8 Å². The highest BCUT2D eigenvalue weighted by atomic mass is 32.2. The van der Waals surface area contributed by atoms with E-state index in [9.17, 15) is 8.42 Å². The Balaban J connectivity index is 2.09. The number of likely N-dealkylation sites (N-methyl/N-ethyl adjacent to an activating group) is 1. The number of rotatable bonds is 5. The number of nitrogens with zero attached hydrogens (tertiary/aromatic N) is 2. The van der Waals surface area contributed by atoms with Crippen LogP contribution in [0, 0.1) is 6.92 Å². The first kappa shape index (κ1) is 16.1. The molecule has 0 aliphatic carbocycles. The molecule has 0 amide bonds. The zero-order chi connectivity index (χ0) is 15.5. The first-order valence-electron chi connectivity index (χ1n) is 7.53. The van der Waals surface area contributed by atoms with Crippen molar-refractivity contribution in [2.75, 3.05) is 48.1 Å². The van der Waals surface area contributed by atoms with Gasteiger partial charge in [0.25, 0.3) is 0 Å². The third-order valence-corrected chi connectivity index (χ3v) is 5.33. The van der Waals surface area contributed by atoms with Gasteiger partial charge in [-0.25, -0.2) is 8.42 Å². The Morgan fingerprint density at radius 3 is 2.33 bits per heavy atom. The molecule has 0 radical (unpaired) electrons.